The van der Waals surface area contributed by atoms with Crippen molar-refractivity contribution in [2.45, 2.75) is 6.42 Å². The summed E-state index contributed by atoms with van der Waals surface area (Å²) < 4.78 is 31.0. The molecule has 0 bridgehead atoms. The number of aromatic nitrogens is 1. The first-order valence-corrected chi connectivity index (χ1v) is 9.06. The fourth-order valence-corrected chi connectivity index (χ4v) is 2.70. The van der Waals surface area contributed by atoms with Crippen LogP contribution >= 0.6 is 0 Å². The molecule has 1 aromatic carbocycles. The van der Waals surface area contributed by atoms with E-state index < -0.39 is 10.0 Å². The third kappa shape index (κ3) is 6.74. The number of benzene rings is 1. The topological polar surface area (TPSA) is 97.4 Å². The van der Waals surface area contributed by atoms with Crippen molar-refractivity contribution in [1.29, 1.82) is 0 Å². The number of hydrogen-bond acceptors (Lipinski definition) is 5. The van der Waals surface area contributed by atoms with Crippen LogP contribution in [-0.2, 0) is 14.8 Å². The second-order valence-corrected chi connectivity index (χ2v) is 6.69. The van der Waals surface area contributed by atoms with Gasteiger partial charge < -0.3 is 10.1 Å². The van der Waals surface area contributed by atoms with Crippen LogP contribution in [-0.4, -0.2) is 33.0 Å². The monoisotopic (exact) mass is 361 g/mol. The maximum Gasteiger partial charge on any atom is 0.233 e. The molecule has 0 aliphatic rings. The number of anilines is 1. The largest absolute Gasteiger partial charge is 0.481 e. The predicted octanol–water partition coefficient (Wildman–Crippen LogP) is 2.01. The van der Waals surface area contributed by atoms with Gasteiger partial charge in [-0.3, -0.25) is 4.79 Å². The van der Waals surface area contributed by atoms with Gasteiger partial charge >= 0.3 is 0 Å². The van der Waals surface area contributed by atoms with Gasteiger partial charge in [0.15, 0.2) is 0 Å². The van der Waals surface area contributed by atoms with Gasteiger partial charge in [0.2, 0.25) is 21.8 Å². The standard InChI is InChI=1S/C17H19N3O4S/c1-24-17-8-7-15(13-18-17)20-16(21)9-11-19-25(22,23)12-10-14-5-3-2-4-6-14/h2-8,10,12-13,19H,9,11H2,1H3,(H,20,21)/b12-10+. The normalized spacial score (nSPS) is 11.4. The molecule has 2 aromatic rings. The molecular weight excluding hydrogens is 342 g/mol. The van der Waals surface area contributed by atoms with Crippen LogP contribution in [0, 0.1) is 0 Å². The number of amides is 1. The number of methoxy groups -OCH3 is 1. The van der Waals surface area contributed by atoms with Gasteiger partial charge in [0.1, 0.15) is 0 Å². The zero-order valence-electron chi connectivity index (χ0n) is 13.7. The highest BCUT2D eigenvalue weighted by molar-refractivity contribution is 7.92. The zero-order valence-corrected chi connectivity index (χ0v) is 14.5. The number of carbonyl (C=O) groups excluding carboxylic acids is 1. The van der Waals surface area contributed by atoms with E-state index >= 15 is 0 Å². The lowest BCUT2D eigenvalue weighted by Gasteiger charge is -2.06. The number of hydrogen-bond donors (Lipinski definition) is 2. The Morgan fingerprint density at radius 2 is 1.96 bits per heavy atom. The van der Waals surface area contributed by atoms with Crippen LogP contribution in [0.5, 0.6) is 5.88 Å². The fourth-order valence-electron chi connectivity index (χ4n) is 1.89. The molecule has 132 valence electrons. The van der Waals surface area contributed by atoms with Crippen molar-refractivity contribution in [2.75, 3.05) is 19.0 Å². The Morgan fingerprint density at radius 3 is 2.60 bits per heavy atom. The van der Waals surface area contributed by atoms with E-state index in [0.29, 0.717) is 11.6 Å². The van der Waals surface area contributed by atoms with Crippen molar-refractivity contribution in [3.63, 3.8) is 0 Å². The maximum absolute atomic E-state index is 11.9. The molecule has 7 nitrogen and oxygen atoms in total. The molecule has 8 heteroatoms. The van der Waals surface area contributed by atoms with Crippen LogP contribution in [0.15, 0.2) is 54.1 Å². The minimum absolute atomic E-state index is 0.00310. The Morgan fingerprint density at radius 1 is 1.20 bits per heavy atom. The van der Waals surface area contributed by atoms with E-state index in [2.05, 4.69) is 15.0 Å². The molecule has 0 unspecified atom stereocenters. The van der Waals surface area contributed by atoms with Crippen LogP contribution in [0.25, 0.3) is 6.08 Å². The van der Waals surface area contributed by atoms with Gasteiger partial charge in [-0.25, -0.2) is 18.1 Å². The Bertz CT molecular complexity index is 819. The number of pyridine rings is 1. The lowest BCUT2D eigenvalue weighted by molar-refractivity contribution is -0.116. The van der Waals surface area contributed by atoms with Crippen molar-refractivity contribution < 1.29 is 17.9 Å². The molecule has 1 heterocycles. The molecule has 0 spiro atoms. The summed E-state index contributed by atoms with van der Waals surface area (Å²) >= 11 is 0. The van der Waals surface area contributed by atoms with Gasteiger partial charge in [-0.1, -0.05) is 30.3 Å². The van der Waals surface area contributed by atoms with Crippen LogP contribution in [0.2, 0.25) is 0 Å². The minimum Gasteiger partial charge on any atom is -0.481 e. The van der Waals surface area contributed by atoms with E-state index in [1.165, 1.54) is 19.4 Å². The third-order valence-electron chi connectivity index (χ3n) is 3.12. The molecule has 0 saturated carbocycles. The van der Waals surface area contributed by atoms with E-state index in [9.17, 15) is 13.2 Å². The molecule has 0 fully saturated rings. The summed E-state index contributed by atoms with van der Waals surface area (Å²) in [6, 6.07) is 12.3. The molecule has 25 heavy (non-hydrogen) atoms. The first kappa shape index (κ1) is 18.6. The van der Waals surface area contributed by atoms with Crippen molar-refractivity contribution in [3.05, 3.63) is 59.6 Å². The molecule has 0 aliphatic heterocycles. The van der Waals surface area contributed by atoms with Crippen LogP contribution in [0.4, 0.5) is 5.69 Å². The maximum atomic E-state index is 11.9. The second-order valence-electron chi connectivity index (χ2n) is 5.04. The minimum atomic E-state index is -3.60. The molecule has 1 amide bonds. The van der Waals surface area contributed by atoms with E-state index in [1.54, 1.807) is 24.3 Å². The summed E-state index contributed by atoms with van der Waals surface area (Å²) in [5.74, 6) is 0.123. The first-order valence-electron chi connectivity index (χ1n) is 7.51. The van der Waals surface area contributed by atoms with Gasteiger partial charge in [-0.2, -0.15) is 0 Å². The summed E-state index contributed by atoms with van der Waals surface area (Å²) in [4.78, 5) is 15.8. The first-order chi connectivity index (χ1) is 12.0. The highest BCUT2D eigenvalue weighted by Gasteiger charge is 2.08. The summed E-state index contributed by atoms with van der Waals surface area (Å²) in [5.41, 5.74) is 1.29. The predicted molar refractivity (Wildman–Crippen MR) is 96.4 cm³/mol. The van der Waals surface area contributed by atoms with Crippen molar-refractivity contribution in [3.8, 4) is 5.88 Å². The Balaban J connectivity index is 1.78. The molecule has 2 rings (SSSR count). The summed E-state index contributed by atoms with van der Waals surface area (Å²) in [6.45, 7) is -0.00310. The van der Waals surface area contributed by atoms with Crippen molar-refractivity contribution in [2.24, 2.45) is 0 Å². The molecular formula is C17H19N3O4S. The van der Waals surface area contributed by atoms with E-state index in [4.69, 9.17) is 4.74 Å². The zero-order chi connectivity index (χ0) is 18.1. The fraction of sp³-hybridized carbons (Fsp3) is 0.176. The second kappa shape index (κ2) is 8.95. The highest BCUT2D eigenvalue weighted by Crippen LogP contribution is 2.11. The number of nitrogens with zero attached hydrogens (tertiary/aromatic N) is 1. The number of ether oxygens (including phenoxy) is 1. The van der Waals surface area contributed by atoms with Crippen LogP contribution < -0.4 is 14.8 Å². The van der Waals surface area contributed by atoms with Gasteiger partial charge in [0.25, 0.3) is 0 Å². The molecule has 0 aliphatic carbocycles. The third-order valence-corrected chi connectivity index (χ3v) is 4.22. The quantitative estimate of drug-likeness (QED) is 0.750. The van der Waals surface area contributed by atoms with E-state index in [0.717, 1.165) is 11.0 Å². The molecule has 0 radical (unpaired) electrons. The average molecular weight is 361 g/mol. The van der Waals surface area contributed by atoms with Crippen molar-refractivity contribution >= 4 is 27.7 Å². The van der Waals surface area contributed by atoms with Crippen molar-refractivity contribution in [1.82, 2.24) is 9.71 Å². The summed E-state index contributed by atoms with van der Waals surface area (Å²) in [6.07, 6.45) is 2.96. The number of carbonyl (C=O) groups is 1. The van der Waals surface area contributed by atoms with E-state index in [1.807, 2.05) is 18.2 Å². The van der Waals surface area contributed by atoms with Crippen LogP contribution in [0.3, 0.4) is 0 Å². The lowest BCUT2D eigenvalue weighted by atomic mass is 10.2. The smallest absolute Gasteiger partial charge is 0.233 e. The van der Waals surface area contributed by atoms with Gasteiger partial charge in [-0.05, 0) is 17.7 Å². The Hall–Kier alpha value is -2.71. The SMILES string of the molecule is COc1ccc(NC(=O)CCNS(=O)(=O)/C=C/c2ccccc2)cn1. The molecule has 1 aromatic heterocycles. The highest BCUT2D eigenvalue weighted by atomic mass is 32.2. The number of nitrogens with one attached hydrogen (secondary N) is 2. The summed E-state index contributed by atoms with van der Waals surface area (Å²) in [7, 11) is -2.10. The van der Waals surface area contributed by atoms with Gasteiger partial charge in [-0.15, -0.1) is 0 Å². The number of rotatable bonds is 8. The number of sulfonamides is 1. The molecule has 0 saturated heterocycles. The molecule has 2 N–H and O–H groups in total. The Kier molecular flexibility index (Phi) is 6.67. The lowest BCUT2D eigenvalue weighted by Crippen LogP contribution is -2.26. The van der Waals surface area contributed by atoms with Gasteiger partial charge in [0, 0.05) is 24.4 Å². The molecule has 0 atom stereocenters. The summed E-state index contributed by atoms with van der Waals surface area (Å²) in [5, 5.41) is 3.70. The van der Waals surface area contributed by atoms with Gasteiger partial charge in [0.05, 0.1) is 19.0 Å². The van der Waals surface area contributed by atoms with E-state index in [-0.39, 0.29) is 18.9 Å². The average Bonchev–Trinajstić information content (AvgIpc) is 2.61. The van der Waals surface area contributed by atoms with Crippen LogP contribution in [0.1, 0.15) is 12.0 Å². The Labute approximate surface area is 146 Å².